The van der Waals surface area contributed by atoms with Crippen LogP contribution in [-0.4, -0.2) is 24.7 Å². The van der Waals surface area contributed by atoms with Crippen LogP contribution in [-0.2, 0) is 6.54 Å². The largest absolute Gasteiger partial charge is 0.361 e. The van der Waals surface area contributed by atoms with Crippen molar-refractivity contribution in [3.8, 4) is 16.8 Å². The van der Waals surface area contributed by atoms with E-state index in [0.717, 1.165) is 28.3 Å². The average molecular weight is 305 g/mol. The maximum Gasteiger partial charge on any atom is 0.133 e. The summed E-state index contributed by atoms with van der Waals surface area (Å²) in [5.74, 6) is 0.802. The lowest BCUT2D eigenvalue weighted by Crippen LogP contribution is -1.99. The number of hydrogen-bond donors (Lipinski definition) is 0. The number of hydrogen-bond acceptors (Lipinski definition) is 4. The van der Waals surface area contributed by atoms with Crippen molar-refractivity contribution in [2.45, 2.75) is 13.5 Å². The van der Waals surface area contributed by atoms with Gasteiger partial charge in [0.25, 0.3) is 0 Å². The number of benzene rings is 1. The molecular formula is C17H15N5O. The molecule has 0 amide bonds. The van der Waals surface area contributed by atoms with Gasteiger partial charge in [-0.3, -0.25) is 4.68 Å². The minimum atomic E-state index is 0.587. The molecule has 4 aromatic rings. The van der Waals surface area contributed by atoms with E-state index in [1.807, 2.05) is 77.5 Å². The molecule has 0 aliphatic heterocycles. The van der Waals surface area contributed by atoms with E-state index in [1.165, 1.54) is 0 Å². The molecule has 6 heteroatoms. The summed E-state index contributed by atoms with van der Waals surface area (Å²) in [7, 11) is 0. The molecule has 1 aromatic carbocycles. The summed E-state index contributed by atoms with van der Waals surface area (Å²) in [4.78, 5) is 0. The Labute approximate surface area is 133 Å². The molecule has 0 spiro atoms. The van der Waals surface area contributed by atoms with Gasteiger partial charge in [-0.15, -0.1) is 0 Å². The van der Waals surface area contributed by atoms with E-state index < -0.39 is 0 Å². The Balaban J connectivity index is 1.56. The zero-order chi connectivity index (χ0) is 15.6. The molecule has 0 aliphatic carbocycles. The second-order valence-corrected chi connectivity index (χ2v) is 5.36. The lowest BCUT2D eigenvalue weighted by Gasteiger charge is -1.98. The standard InChI is InChI=1S/C17H15N5O/c1-13-7-16(20-23-13)12-21-10-14(8-18-21)15-9-19-22(11-15)17-5-3-2-4-6-17/h2-11H,12H2,1H3. The van der Waals surface area contributed by atoms with Gasteiger partial charge < -0.3 is 4.52 Å². The molecule has 0 aliphatic rings. The van der Waals surface area contributed by atoms with Crippen LogP contribution in [0, 0.1) is 6.92 Å². The van der Waals surface area contributed by atoms with Crippen LogP contribution in [0.1, 0.15) is 11.5 Å². The van der Waals surface area contributed by atoms with Crippen LogP contribution >= 0.6 is 0 Å². The Morgan fingerprint density at radius 1 is 1.00 bits per heavy atom. The van der Waals surface area contributed by atoms with Crippen LogP contribution in [0.2, 0.25) is 0 Å². The van der Waals surface area contributed by atoms with E-state index >= 15 is 0 Å². The van der Waals surface area contributed by atoms with E-state index in [9.17, 15) is 0 Å². The summed E-state index contributed by atoms with van der Waals surface area (Å²) >= 11 is 0. The van der Waals surface area contributed by atoms with Gasteiger partial charge in [0.15, 0.2) is 0 Å². The summed E-state index contributed by atoms with van der Waals surface area (Å²) in [5.41, 5.74) is 3.94. The molecule has 6 nitrogen and oxygen atoms in total. The lowest BCUT2D eigenvalue weighted by atomic mass is 10.2. The van der Waals surface area contributed by atoms with Crippen LogP contribution in [0.5, 0.6) is 0 Å². The average Bonchev–Trinajstić information content (AvgIpc) is 3.29. The molecule has 0 radical (unpaired) electrons. The topological polar surface area (TPSA) is 61.7 Å². The molecule has 0 atom stereocenters. The molecule has 0 saturated carbocycles. The molecule has 114 valence electrons. The lowest BCUT2D eigenvalue weighted by molar-refractivity contribution is 0.387. The highest BCUT2D eigenvalue weighted by atomic mass is 16.5. The number of para-hydroxylation sites is 1. The molecule has 23 heavy (non-hydrogen) atoms. The van der Waals surface area contributed by atoms with Crippen molar-refractivity contribution in [3.05, 3.63) is 72.6 Å². The highest BCUT2D eigenvalue weighted by Crippen LogP contribution is 2.19. The number of aryl methyl sites for hydroxylation is 1. The summed E-state index contributed by atoms with van der Waals surface area (Å²) < 4.78 is 8.77. The molecule has 0 N–H and O–H groups in total. The summed E-state index contributed by atoms with van der Waals surface area (Å²) in [5, 5.41) is 12.8. The van der Waals surface area contributed by atoms with Crippen LogP contribution in [0.15, 0.2) is 65.7 Å². The molecule has 0 bridgehead atoms. The van der Waals surface area contributed by atoms with Crippen molar-refractivity contribution in [2.24, 2.45) is 0 Å². The fraction of sp³-hybridized carbons (Fsp3) is 0.118. The second kappa shape index (κ2) is 5.57. The third-order valence-electron chi connectivity index (χ3n) is 3.57. The quantitative estimate of drug-likeness (QED) is 0.581. The van der Waals surface area contributed by atoms with Crippen molar-refractivity contribution in [1.82, 2.24) is 24.7 Å². The van der Waals surface area contributed by atoms with Crippen LogP contribution < -0.4 is 0 Å². The van der Waals surface area contributed by atoms with Crippen LogP contribution in [0.25, 0.3) is 16.8 Å². The van der Waals surface area contributed by atoms with E-state index in [-0.39, 0.29) is 0 Å². The first-order valence-corrected chi connectivity index (χ1v) is 7.33. The van der Waals surface area contributed by atoms with Crippen molar-refractivity contribution in [1.29, 1.82) is 0 Å². The van der Waals surface area contributed by atoms with E-state index in [0.29, 0.717) is 6.54 Å². The Morgan fingerprint density at radius 2 is 1.78 bits per heavy atom. The Hall–Kier alpha value is -3.15. The SMILES string of the molecule is Cc1cc(Cn2cc(-c3cnn(-c4ccccc4)c3)cn2)no1. The smallest absolute Gasteiger partial charge is 0.133 e. The maximum absolute atomic E-state index is 5.08. The van der Waals surface area contributed by atoms with Crippen LogP contribution in [0.4, 0.5) is 0 Å². The summed E-state index contributed by atoms with van der Waals surface area (Å²) in [6.07, 6.45) is 7.65. The predicted octanol–water partition coefficient (Wildman–Crippen LogP) is 3.08. The van der Waals surface area contributed by atoms with E-state index in [2.05, 4.69) is 15.4 Å². The maximum atomic E-state index is 5.08. The van der Waals surface area contributed by atoms with E-state index in [1.54, 1.807) is 0 Å². The number of aromatic nitrogens is 5. The molecule has 0 fully saturated rings. The minimum absolute atomic E-state index is 0.587. The van der Waals surface area contributed by atoms with Crippen molar-refractivity contribution >= 4 is 0 Å². The first-order chi connectivity index (χ1) is 11.3. The third kappa shape index (κ3) is 2.78. The monoisotopic (exact) mass is 305 g/mol. The minimum Gasteiger partial charge on any atom is -0.361 e. The fourth-order valence-corrected chi connectivity index (χ4v) is 2.45. The van der Waals surface area contributed by atoms with Crippen molar-refractivity contribution in [2.75, 3.05) is 0 Å². The second-order valence-electron chi connectivity index (χ2n) is 5.36. The molecule has 3 heterocycles. The first-order valence-electron chi connectivity index (χ1n) is 7.33. The normalized spacial score (nSPS) is 11.0. The van der Waals surface area contributed by atoms with Gasteiger partial charge >= 0.3 is 0 Å². The van der Waals surface area contributed by atoms with Crippen molar-refractivity contribution in [3.63, 3.8) is 0 Å². The van der Waals surface area contributed by atoms with Gasteiger partial charge in [0.1, 0.15) is 11.5 Å². The third-order valence-corrected chi connectivity index (χ3v) is 3.57. The highest BCUT2D eigenvalue weighted by Gasteiger charge is 2.07. The van der Waals surface area contributed by atoms with Crippen molar-refractivity contribution < 1.29 is 4.52 Å². The highest BCUT2D eigenvalue weighted by molar-refractivity contribution is 5.60. The summed E-state index contributed by atoms with van der Waals surface area (Å²) in [6, 6.07) is 11.9. The molecular weight excluding hydrogens is 290 g/mol. The number of nitrogens with zero attached hydrogens (tertiary/aromatic N) is 5. The van der Waals surface area contributed by atoms with Gasteiger partial charge in [-0.25, -0.2) is 4.68 Å². The predicted molar refractivity (Wildman–Crippen MR) is 85.1 cm³/mol. The van der Waals surface area contributed by atoms with E-state index in [4.69, 9.17) is 4.52 Å². The Morgan fingerprint density at radius 3 is 2.57 bits per heavy atom. The van der Waals surface area contributed by atoms with Gasteiger partial charge in [0.2, 0.25) is 0 Å². The fourth-order valence-electron chi connectivity index (χ4n) is 2.45. The molecule has 3 aromatic heterocycles. The summed E-state index contributed by atoms with van der Waals surface area (Å²) in [6.45, 7) is 2.47. The molecule has 0 unspecified atom stereocenters. The van der Waals surface area contributed by atoms with Gasteiger partial charge in [-0.2, -0.15) is 10.2 Å². The van der Waals surface area contributed by atoms with Gasteiger partial charge in [0.05, 0.1) is 24.6 Å². The Bertz CT molecular complexity index is 919. The number of rotatable bonds is 4. The van der Waals surface area contributed by atoms with Gasteiger partial charge in [0, 0.05) is 29.6 Å². The Kier molecular flexibility index (Phi) is 3.27. The van der Waals surface area contributed by atoms with Crippen LogP contribution in [0.3, 0.4) is 0 Å². The van der Waals surface area contributed by atoms with Gasteiger partial charge in [-0.1, -0.05) is 23.4 Å². The zero-order valence-electron chi connectivity index (χ0n) is 12.6. The first kappa shape index (κ1) is 13.5. The van der Waals surface area contributed by atoms with Gasteiger partial charge in [-0.05, 0) is 19.1 Å². The zero-order valence-corrected chi connectivity index (χ0v) is 12.6. The molecule has 0 saturated heterocycles. The molecule has 4 rings (SSSR count).